The van der Waals surface area contributed by atoms with Crippen molar-refractivity contribution in [3.05, 3.63) is 0 Å². The SMILES string of the molecule is CC(C)CC1(C(=O)N2CCCC(N(C)CC(=O)O)CC2)CCC1. The fourth-order valence-electron chi connectivity index (χ4n) is 4.29. The number of nitrogens with zero attached hydrogens (tertiary/aromatic N) is 2. The number of carboxylic acid groups (broad SMARTS) is 1. The summed E-state index contributed by atoms with van der Waals surface area (Å²) in [7, 11) is 1.88. The number of rotatable bonds is 6. The minimum Gasteiger partial charge on any atom is -0.480 e. The lowest BCUT2D eigenvalue weighted by Gasteiger charge is -2.44. The van der Waals surface area contributed by atoms with Crippen molar-refractivity contribution in [2.75, 3.05) is 26.7 Å². The third-order valence-electron chi connectivity index (χ3n) is 5.56. The summed E-state index contributed by atoms with van der Waals surface area (Å²) in [6, 6.07) is 0.270. The van der Waals surface area contributed by atoms with Crippen molar-refractivity contribution >= 4 is 11.9 Å². The molecule has 5 heteroatoms. The Labute approximate surface area is 140 Å². The van der Waals surface area contributed by atoms with E-state index in [4.69, 9.17) is 5.11 Å². The van der Waals surface area contributed by atoms with Gasteiger partial charge in [-0.2, -0.15) is 0 Å². The molecule has 0 spiro atoms. The molecule has 23 heavy (non-hydrogen) atoms. The number of hydrogen-bond donors (Lipinski definition) is 1. The molecule has 1 aliphatic heterocycles. The number of carbonyl (C=O) groups excluding carboxylic acids is 1. The van der Waals surface area contributed by atoms with Gasteiger partial charge < -0.3 is 10.0 Å². The van der Waals surface area contributed by atoms with Gasteiger partial charge in [0, 0.05) is 24.5 Å². The lowest BCUT2D eigenvalue weighted by Crippen LogP contribution is -2.49. The minimum absolute atomic E-state index is 0.0793. The summed E-state index contributed by atoms with van der Waals surface area (Å²) in [5.41, 5.74) is -0.0963. The van der Waals surface area contributed by atoms with Crippen LogP contribution in [0.3, 0.4) is 0 Å². The van der Waals surface area contributed by atoms with Crippen molar-refractivity contribution in [3.8, 4) is 0 Å². The predicted octanol–water partition coefficient (Wildman–Crippen LogP) is 2.60. The van der Waals surface area contributed by atoms with Gasteiger partial charge in [-0.25, -0.2) is 0 Å². The fourth-order valence-corrected chi connectivity index (χ4v) is 4.29. The Balaban J connectivity index is 1.94. The quantitative estimate of drug-likeness (QED) is 0.816. The molecule has 2 rings (SSSR count). The number of carboxylic acids is 1. The standard InChI is InChI=1S/C18H32N2O3/c1-14(2)12-18(8-5-9-18)17(23)20-10-4-6-15(7-11-20)19(3)13-16(21)22/h14-15H,4-13H2,1-3H3,(H,21,22). The van der Waals surface area contributed by atoms with Gasteiger partial charge in [-0.05, 0) is 51.5 Å². The Bertz CT molecular complexity index is 432. The molecule has 1 N–H and O–H groups in total. The van der Waals surface area contributed by atoms with Crippen LogP contribution in [-0.4, -0.2) is 59.5 Å². The predicted molar refractivity (Wildman–Crippen MR) is 90.2 cm³/mol. The van der Waals surface area contributed by atoms with Crippen LogP contribution in [0.2, 0.25) is 0 Å². The molecule has 5 nitrogen and oxygen atoms in total. The van der Waals surface area contributed by atoms with E-state index in [1.807, 2.05) is 11.9 Å². The zero-order chi connectivity index (χ0) is 17.0. The van der Waals surface area contributed by atoms with Gasteiger partial charge in [-0.1, -0.05) is 20.3 Å². The van der Waals surface area contributed by atoms with Crippen molar-refractivity contribution in [2.24, 2.45) is 11.3 Å². The molecule has 132 valence electrons. The van der Waals surface area contributed by atoms with Gasteiger partial charge in [-0.3, -0.25) is 14.5 Å². The summed E-state index contributed by atoms with van der Waals surface area (Å²) in [5.74, 6) is 0.134. The first kappa shape index (κ1) is 18.2. The molecule has 0 radical (unpaired) electrons. The van der Waals surface area contributed by atoms with E-state index in [9.17, 15) is 9.59 Å². The summed E-state index contributed by atoms with van der Waals surface area (Å²) < 4.78 is 0. The molecule has 1 saturated carbocycles. The third-order valence-corrected chi connectivity index (χ3v) is 5.56. The summed E-state index contributed by atoms with van der Waals surface area (Å²) in [4.78, 5) is 27.9. The van der Waals surface area contributed by atoms with E-state index in [-0.39, 0.29) is 18.0 Å². The van der Waals surface area contributed by atoms with Gasteiger partial charge in [0.05, 0.1) is 6.54 Å². The van der Waals surface area contributed by atoms with Crippen LogP contribution in [0.15, 0.2) is 0 Å². The number of carbonyl (C=O) groups is 2. The maximum Gasteiger partial charge on any atom is 0.317 e. The zero-order valence-corrected chi connectivity index (χ0v) is 14.9. The van der Waals surface area contributed by atoms with Crippen LogP contribution >= 0.6 is 0 Å². The maximum absolute atomic E-state index is 13.1. The monoisotopic (exact) mass is 324 g/mol. The van der Waals surface area contributed by atoms with Gasteiger partial charge in [0.15, 0.2) is 0 Å². The molecule has 1 unspecified atom stereocenters. The smallest absolute Gasteiger partial charge is 0.317 e. The van der Waals surface area contributed by atoms with Gasteiger partial charge >= 0.3 is 5.97 Å². The Kier molecular flexibility index (Phi) is 6.06. The fraction of sp³-hybridized carbons (Fsp3) is 0.889. The second-order valence-corrected chi connectivity index (χ2v) is 7.92. The summed E-state index contributed by atoms with van der Waals surface area (Å²) >= 11 is 0. The van der Waals surface area contributed by atoms with Crippen LogP contribution in [0.1, 0.15) is 58.8 Å². The largest absolute Gasteiger partial charge is 0.480 e. The zero-order valence-electron chi connectivity index (χ0n) is 14.9. The molecule has 1 atom stereocenters. The number of likely N-dealkylation sites (tertiary alicyclic amines) is 1. The Morgan fingerprint density at radius 1 is 1.22 bits per heavy atom. The molecule has 1 aliphatic carbocycles. The Morgan fingerprint density at radius 2 is 1.91 bits per heavy atom. The van der Waals surface area contributed by atoms with Gasteiger partial charge in [-0.15, -0.1) is 0 Å². The van der Waals surface area contributed by atoms with Crippen molar-refractivity contribution < 1.29 is 14.7 Å². The number of amides is 1. The maximum atomic E-state index is 13.1. The van der Waals surface area contributed by atoms with E-state index in [0.717, 1.165) is 51.6 Å². The average Bonchev–Trinajstić information content (AvgIpc) is 2.67. The number of hydrogen-bond acceptors (Lipinski definition) is 3. The van der Waals surface area contributed by atoms with E-state index in [2.05, 4.69) is 18.7 Å². The Morgan fingerprint density at radius 3 is 2.43 bits per heavy atom. The van der Waals surface area contributed by atoms with Gasteiger partial charge in [0.25, 0.3) is 0 Å². The molecule has 0 bridgehead atoms. The molecule has 0 aromatic carbocycles. The summed E-state index contributed by atoms with van der Waals surface area (Å²) in [6.07, 6.45) is 7.10. The second-order valence-electron chi connectivity index (χ2n) is 7.92. The van der Waals surface area contributed by atoms with Crippen molar-refractivity contribution in [3.63, 3.8) is 0 Å². The molecule has 1 saturated heterocycles. The average molecular weight is 324 g/mol. The highest BCUT2D eigenvalue weighted by molar-refractivity contribution is 5.83. The highest BCUT2D eigenvalue weighted by Crippen LogP contribution is 2.47. The first-order valence-corrected chi connectivity index (χ1v) is 9.05. The molecule has 2 fully saturated rings. The lowest BCUT2D eigenvalue weighted by molar-refractivity contribution is -0.149. The minimum atomic E-state index is -0.782. The molecular weight excluding hydrogens is 292 g/mol. The molecule has 1 amide bonds. The number of likely N-dealkylation sites (N-methyl/N-ethyl adjacent to an activating group) is 1. The van der Waals surface area contributed by atoms with Crippen LogP contribution in [0, 0.1) is 11.3 Å². The molecular formula is C18H32N2O3. The highest BCUT2D eigenvalue weighted by atomic mass is 16.4. The van der Waals surface area contributed by atoms with Crippen molar-refractivity contribution in [1.29, 1.82) is 0 Å². The van der Waals surface area contributed by atoms with Gasteiger partial charge in [0.1, 0.15) is 0 Å². The van der Waals surface area contributed by atoms with E-state index in [0.29, 0.717) is 11.8 Å². The molecule has 1 heterocycles. The normalized spacial score (nSPS) is 24.4. The van der Waals surface area contributed by atoms with Crippen LogP contribution < -0.4 is 0 Å². The number of aliphatic carboxylic acids is 1. The van der Waals surface area contributed by atoms with E-state index < -0.39 is 5.97 Å². The summed E-state index contributed by atoms with van der Waals surface area (Å²) in [6.45, 7) is 6.08. The molecule has 0 aromatic rings. The van der Waals surface area contributed by atoms with Crippen LogP contribution in [0.4, 0.5) is 0 Å². The van der Waals surface area contributed by atoms with Crippen LogP contribution in [0.25, 0.3) is 0 Å². The highest BCUT2D eigenvalue weighted by Gasteiger charge is 2.46. The third kappa shape index (κ3) is 4.46. The topological polar surface area (TPSA) is 60.9 Å². The lowest BCUT2D eigenvalue weighted by atomic mass is 9.63. The van der Waals surface area contributed by atoms with E-state index >= 15 is 0 Å². The molecule has 0 aromatic heterocycles. The van der Waals surface area contributed by atoms with Crippen LogP contribution in [-0.2, 0) is 9.59 Å². The first-order chi connectivity index (χ1) is 10.8. The molecule has 2 aliphatic rings. The van der Waals surface area contributed by atoms with E-state index in [1.54, 1.807) is 0 Å². The van der Waals surface area contributed by atoms with Gasteiger partial charge in [0.2, 0.25) is 5.91 Å². The van der Waals surface area contributed by atoms with Crippen LogP contribution in [0.5, 0.6) is 0 Å². The van der Waals surface area contributed by atoms with Crippen molar-refractivity contribution in [2.45, 2.75) is 64.8 Å². The van der Waals surface area contributed by atoms with Crippen molar-refractivity contribution in [1.82, 2.24) is 9.80 Å². The Hall–Kier alpha value is -1.10. The second kappa shape index (κ2) is 7.65. The van der Waals surface area contributed by atoms with E-state index in [1.165, 1.54) is 6.42 Å². The first-order valence-electron chi connectivity index (χ1n) is 9.05. The summed E-state index contributed by atoms with van der Waals surface area (Å²) in [5, 5.41) is 8.95.